The van der Waals surface area contributed by atoms with Crippen LogP contribution in [-0.2, 0) is 16.1 Å². The van der Waals surface area contributed by atoms with E-state index >= 15 is 0 Å². The van der Waals surface area contributed by atoms with Gasteiger partial charge in [0, 0.05) is 17.2 Å². The minimum atomic E-state index is -0.374. The molecule has 1 aromatic heterocycles. The van der Waals surface area contributed by atoms with E-state index in [0.717, 1.165) is 22.0 Å². The fourth-order valence-corrected chi connectivity index (χ4v) is 2.23. The van der Waals surface area contributed by atoms with Gasteiger partial charge in [0.15, 0.2) is 0 Å². The SMILES string of the molecule is C=C(C)/C(Cn1cc2ccc(C#N)cc2n1)=C(\C)C(=O)OC.CC.CC.CC. The van der Waals surface area contributed by atoms with Crippen molar-refractivity contribution in [3.05, 3.63) is 53.3 Å². The second-order valence-corrected chi connectivity index (χ2v) is 5.09. The van der Waals surface area contributed by atoms with Crippen LogP contribution in [0.1, 0.15) is 61.0 Å². The molecule has 0 fully saturated rings. The lowest BCUT2D eigenvalue weighted by Crippen LogP contribution is -2.10. The van der Waals surface area contributed by atoms with Gasteiger partial charge in [0.1, 0.15) is 0 Å². The van der Waals surface area contributed by atoms with Crippen molar-refractivity contribution < 1.29 is 9.53 Å². The molecule has 154 valence electrons. The zero-order valence-corrected chi connectivity index (χ0v) is 18.9. The van der Waals surface area contributed by atoms with Crippen molar-refractivity contribution in [2.75, 3.05) is 7.11 Å². The van der Waals surface area contributed by atoms with E-state index in [4.69, 9.17) is 10.00 Å². The molecule has 0 unspecified atom stereocenters. The monoisotopic (exact) mass is 385 g/mol. The molecule has 0 N–H and O–H groups in total. The smallest absolute Gasteiger partial charge is 0.333 e. The number of allylic oxidation sites excluding steroid dienone is 2. The van der Waals surface area contributed by atoms with E-state index in [9.17, 15) is 4.79 Å². The first-order valence-electron chi connectivity index (χ1n) is 9.77. The van der Waals surface area contributed by atoms with Gasteiger partial charge in [-0.1, -0.05) is 53.7 Å². The Morgan fingerprint density at radius 3 is 2.21 bits per heavy atom. The number of rotatable bonds is 4. The Balaban J connectivity index is 0. The summed E-state index contributed by atoms with van der Waals surface area (Å²) in [6, 6.07) is 7.44. The van der Waals surface area contributed by atoms with Gasteiger partial charge in [0.25, 0.3) is 0 Å². The zero-order valence-electron chi connectivity index (χ0n) is 18.9. The highest BCUT2D eigenvalue weighted by atomic mass is 16.5. The van der Waals surface area contributed by atoms with Crippen LogP contribution in [0.4, 0.5) is 0 Å². The van der Waals surface area contributed by atoms with Gasteiger partial charge >= 0.3 is 5.97 Å². The van der Waals surface area contributed by atoms with Gasteiger partial charge in [-0.05, 0) is 37.6 Å². The third-order valence-electron chi connectivity index (χ3n) is 3.46. The first kappa shape index (κ1) is 27.3. The quantitative estimate of drug-likeness (QED) is 0.365. The summed E-state index contributed by atoms with van der Waals surface area (Å²) in [6.45, 7) is 19.9. The van der Waals surface area contributed by atoms with Crippen molar-refractivity contribution in [2.24, 2.45) is 0 Å². The molecule has 1 aromatic carbocycles. The van der Waals surface area contributed by atoms with Gasteiger partial charge in [-0.15, -0.1) is 0 Å². The summed E-state index contributed by atoms with van der Waals surface area (Å²) in [7, 11) is 1.35. The van der Waals surface area contributed by atoms with E-state index in [1.165, 1.54) is 7.11 Å². The Morgan fingerprint density at radius 1 is 1.18 bits per heavy atom. The van der Waals surface area contributed by atoms with Gasteiger partial charge in [-0.2, -0.15) is 10.4 Å². The van der Waals surface area contributed by atoms with Gasteiger partial charge in [0.05, 0.1) is 30.8 Å². The van der Waals surface area contributed by atoms with Crippen LogP contribution in [0.25, 0.3) is 10.9 Å². The van der Waals surface area contributed by atoms with Gasteiger partial charge in [0.2, 0.25) is 0 Å². The molecule has 5 heteroatoms. The normalized spacial score (nSPS) is 9.86. The summed E-state index contributed by atoms with van der Waals surface area (Å²) >= 11 is 0. The molecule has 2 rings (SSSR count). The minimum Gasteiger partial charge on any atom is -0.466 e. The highest BCUT2D eigenvalue weighted by molar-refractivity contribution is 5.89. The Morgan fingerprint density at radius 2 is 1.75 bits per heavy atom. The maximum atomic E-state index is 11.7. The van der Waals surface area contributed by atoms with Crippen molar-refractivity contribution in [1.29, 1.82) is 5.26 Å². The molecule has 0 bridgehead atoms. The van der Waals surface area contributed by atoms with E-state index < -0.39 is 0 Å². The average molecular weight is 386 g/mol. The lowest BCUT2D eigenvalue weighted by Gasteiger charge is -2.11. The van der Waals surface area contributed by atoms with Crippen molar-refractivity contribution in [3.63, 3.8) is 0 Å². The first-order chi connectivity index (χ1) is 13.5. The number of esters is 1. The Bertz CT molecular complexity index is 824. The summed E-state index contributed by atoms with van der Waals surface area (Å²) in [4.78, 5) is 11.7. The topological polar surface area (TPSA) is 67.9 Å². The highest BCUT2D eigenvalue weighted by Gasteiger charge is 2.13. The van der Waals surface area contributed by atoms with Crippen LogP contribution in [0.15, 0.2) is 47.7 Å². The van der Waals surface area contributed by atoms with Gasteiger partial charge in [-0.3, -0.25) is 4.68 Å². The fraction of sp³-hybridized carbons (Fsp3) is 0.435. The average Bonchev–Trinajstić information content (AvgIpc) is 3.16. The summed E-state index contributed by atoms with van der Waals surface area (Å²) in [6.07, 6.45) is 1.88. The molecule has 0 aliphatic carbocycles. The van der Waals surface area contributed by atoms with Crippen LogP contribution < -0.4 is 0 Å². The summed E-state index contributed by atoms with van der Waals surface area (Å²) in [5.74, 6) is -0.374. The molecular formula is C23H35N3O2. The number of fused-ring (bicyclic) bond motifs is 1. The van der Waals surface area contributed by atoms with Crippen LogP contribution in [0, 0.1) is 11.3 Å². The molecule has 1 heterocycles. The molecule has 28 heavy (non-hydrogen) atoms. The number of hydrogen-bond donors (Lipinski definition) is 0. The number of ether oxygens (including phenoxy) is 1. The highest BCUT2D eigenvalue weighted by Crippen LogP contribution is 2.19. The number of nitriles is 1. The van der Waals surface area contributed by atoms with Crippen LogP contribution >= 0.6 is 0 Å². The summed E-state index contributed by atoms with van der Waals surface area (Å²) < 4.78 is 6.50. The van der Waals surface area contributed by atoms with E-state index in [0.29, 0.717) is 17.7 Å². The molecule has 0 atom stereocenters. The maximum absolute atomic E-state index is 11.7. The van der Waals surface area contributed by atoms with E-state index in [1.807, 2.05) is 60.7 Å². The molecule has 0 amide bonds. The van der Waals surface area contributed by atoms with E-state index in [-0.39, 0.29) is 5.97 Å². The van der Waals surface area contributed by atoms with E-state index in [1.54, 1.807) is 23.7 Å². The third kappa shape index (κ3) is 7.79. The lowest BCUT2D eigenvalue weighted by atomic mass is 10.0. The van der Waals surface area contributed by atoms with Crippen molar-refractivity contribution in [3.8, 4) is 6.07 Å². The van der Waals surface area contributed by atoms with Gasteiger partial charge < -0.3 is 4.74 Å². The number of methoxy groups -OCH3 is 1. The first-order valence-corrected chi connectivity index (χ1v) is 9.77. The molecule has 0 saturated carbocycles. The van der Waals surface area contributed by atoms with E-state index in [2.05, 4.69) is 17.7 Å². The Labute approximate surface area is 170 Å². The summed E-state index contributed by atoms with van der Waals surface area (Å²) in [5.41, 5.74) is 3.42. The van der Waals surface area contributed by atoms with Crippen molar-refractivity contribution >= 4 is 16.9 Å². The Kier molecular flexibility index (Phi) is 14.9. The van der Waals surface area contributed by atoms with Crippen LogP contribution in [0.2, 0.25) is 0 Å². The number of benzene rings is 1. The molecule has 0 spiro atoms. The zero-order chi connectivity index (χ0) is 22.3. The molecular weight excluding hydrogens is 350 g/mol. The fourth-order valence-electron chi connectivity index (χ4n) is 2.23. The number of carbonyl (C=O) groups is 1. The van der Waals surface area contributed by atoms with Gasteiger partial charge in [-0.25, -0.2) is 4.79 Å². The largest absolute Gasteiger partial charge is 0.466 e. The molecule has 0 radical (unpaired) electrons. The van der Waals surface area contributed by atoms with Crippen molar-refractivity contribution in [1.82, 2.24) is 9.78 Å². The predicted molar refractivity (Wildman–Crippen MR) is 118 cm³/mol. The predicted octanol–water partition coefficient (Wildman–Crippen LogP) is 6.05. The number of nitrogens with zero attached hydrogens (tertiary/aromatic N) is 3. The third-order valence-corrected chi connectivity index (χ3v) is 3.46. The standard InChI is InChI=1S/C17H17N3O2.3C2H6/c1-11(2)15(12(3)17(21)22-4)10-20-9-14-6-5-13(8-18)7-16(14)19-20;3*1-2/h5-7,9H,1,10H2,2-4H3;3*1-2H3/b15-12+;;;. The molecule has 0 aliphatic heterocycles. The number of aromatic nitrogens is 2. The minimum absolute atomic E-state index is 0.374. The van der Waals surface area contributed by atoms with Crippen LogP contribution in [0.3, 0.4) is 0 Å². The van der Waals surface area contributed by atoms with Crippen LogP contribution in [-0.4, -0.2) is 22.9 Å². The van der Waals surface area contributed by atoms with Crippen molar-refractivity contribution in [2.45, 2.75) is 61.9 Å². The number of hydrogen-bond acceptors (Lipinski definition) is 4. The maximum Gasteiger partial charge on any atom is 0.333 e. The second kappa shape index (κ2) is 15.2. The Hall–Kier alpha value is -2.87. The molecule has 2 aromatic rings. The molecule has 0 aliphatic rings. The molecule has 0 saturated heterocycles. The lowest BCUT2D eigenvalue weighted by molar-refractivity contribution is -0.136. The second-order valence-electron chi connectivity index (χ2n) is 5.09. The summed E-state index contributed by atoms with van der Waals surface area (Å²) in [5, 5.41) is 14.3. The molecule has 5 nitrogen and oxygen atoms in total. The van der Waals surface area contributed by atoms with Crippen LogP contribution in [0.5, 0.6) is 0 Å². The number of carbonyl (C=O) groups excluding carboxylic acids is 1.